The molecule has 2 atom stereocenters. The van der Waals surface area contributed by atoms with Gasteiger partial charge in [-0.05, 0) is 31.5 Å². The standard InChI is InChI=1S/C17H22NO4PS/c1-3-22-23(19)17(13-15-7-5-4-6-8-15)18-24(20,21)16-11-9-14(2)10-12-16/h4-12,17-19H,3,13H2,1-2H3/p+1/t17-,23?/m1/s1. The van der Waals surface area contributed by atoms with Crippen molar-refractivity contribution in [2.24, 2.45) is 0 Å². The van der Waals surface area contributed by atoms with Gasteiger partial charge in [-0.3, -0.25) is 0 Å². The Bertz CT molecular complexity index is 735. The van der Waals surface area contributed by atoms with Crippen molar-refractivity contribution < 1.29 is 17.8 Å². The van der Waals surface area contributed by atoms with Crippen LogP contribution >= 0.6 is 8.38 Å². The molecule has 7 heteroatoms. The topological polar surface area (TPSA) is 75.6 Å². The van der Waals surface area contributed by atoms with Gasteiger partial charge in [0.1, 0.15) is 0 Å². The van der Waals surface area contributed by atoms with E-state index in [4.69, 9.17) is 4.52 Å². The Hall–Kier alpha value is -1.30. The van der Waals surface area contributed by atoms with Crippen LogP contribution in [0.1, 0.15) is 18.1 Å². The summed E-state index contributed by atoms with van der Waals surface area (Å²) >= 11 is 0. The van der Waals surface area contributed by atoms with Crippen molar-refractivity contribution >= 4 is 18.4 Å². The first-order valence-corrected chi connectivity index (χ1v) is 10.7. The SMILES string of the molecule is CCO[PH+](O)[C@H](Cc1ccccc1)NS(=O)(=O)c1ccc(C)cc1. The smallest absolute Gasteiger partial charge is 0.221 e. The van der Waals surface area contributed by atoms with Crippen LogP contribution in [-0.2, 0) is 21.0 Å². The van der Waals surface area contributed by atoms with Gasteiger partial charge in [0.05, 0.1) is 11.5 Å². The first-order valence-electron chi connectivity index (χ1n) is 7.74. The molecule has 0 saturated heterocycles. The Morgan fingerprint density at radius 2 is 1.75 bits per heavy atom. The molecule has 2 aromatic rings. The maximum Gasteiger partial charge on any atom is 0.277 e. The molecular weight excluding hydrogens is 345 g/mol. The number of sulfonamides is 1. The predicted molar refractivity (Wildman–Crippen MR) is 97.6 cm³/mol. The Labute approximate surface area is 144 Å². The average Bonchev–Trinajstić information content (AvgIpc) is 2.55. The minimum absolute atomic E-state index is 0.178. The molecule has 0 bridgehead atoms. The number of hydrogen-bond acceptors (Lipinski definition) is 4. The van der Waals surface area contributed by atoms with Crippen molar-refractivity contribution in [3.63, 3.8) is 0 Å². The molecule has 0 aliphatic heterocycles. The van der Waals surface area contributed by atoms with Crippen LogP contribution in [0.5, 0.6) is 0 Å². The lowest BCUT2D eigenvalue weighted by atomic mass is 10.1. The maximum atomic E-state index is 12.6. The Morgan fingerprint density at radius 3 is 2.33 bits per heavy atom. The summed E-state index contributed by atoms with van der Waals surface area (Å²) in [4.78, 5) is 10.5. The second-order valence-electron chi connectivity index (χ2n) is 5.45. The van der Waals surface area contributed by atoms with E-state index in [2.05, 4.69) is 4.72 Å². The van der Waals surface area contributed by atoms with Crippen molar-refractivity contribution in [1.82, 2.24) is 4.72 Å². The fourth-order valence-electron chi connectivity index (χ4n) is 2.25. The van der Waals surface area contributed by atoms with E-state index in [1.807, 2.05) is 37.3 Å². The Balaban J connectivity index is 2.21. The molecule has 24 heavy (non-hydrogen) atoms. The van der Waals surface area contributed by atoms with Crippen LogP contribution in [0, 0.1) is 6.92 Å². The highest BCUT2D eigenvalue weighted by atomic mass is 32.2. The lowest BCUT2D eigenvalue weighted by Crippen LogP contribution is -2.35. The number of rotatable bonds is 8. The molecule has 5 nitrogen and oxygen atoms in total. The predicted octanol–water partition coefficient (Wildman–Crippen LogP) is 2.92. The van der Waals surface area contributed by atoms with E-state index < -0.39 is 24.2 Å². The summed E-state index contributed by atoms with van der Waals surface area (Å²) in [5, 5.41) is 0. The van der Waals surface area contributed by atoms with Gasteiger partial charge in [-0.15, -0.1) is 0 Å². The first-order chi connectivity index (χ1) is 11.4. The highest BCUT2D eigenvalue weighted by Crippen LogP contribution is 2.38. The van der Waals surface area contributed by atoms with Crippen molar-refractivity contribution in [2.75, 3.05) is 6.61 Å². The van der Waals surface area contributed by atoms with E-state index in [-0.39, 0.29) is 4.90 Å². The van der Waals surface area contributed by atoms with Gasteiger partial charge in [0.15, 0.2) is 5.78 Å². The van der Waals surface area contributed by atoms with Crippen LogP contribution in [-0.4, -0.2) is 25.7 Å². The molecular formula is C17H23NO4PS+. The van der Waals surface area contributed by atoms with Gasteiger partial charge in [0.25, 0.3) is 8.38 Å². The quantitative estimate of drug-likeness (QED) is 0.703. The molecule has 2 N–H and O–H groups in total. The Morgan fingerprint density at radius 1 is 1.12 bits per heavy atom. The highest BCUT2D eigenvalue weighted by molar-refractivity contribution is 7.89. The Kier molecular flexibility index (Phi) is 6.90. The molecule has 0 fully saturated rings. The van der Waals surface area contributed by atoms with Crippen molar-refractivity contribution in [3.8, 4) is 0 Å². The summed E-state index contributed by atoms with van der Waals surface area (Å²) in [5.74, 6) is -0.677. The van der Waals surface area contributed by atoms with Gasteiger partial charge >= 0.3 is 0 Å². The number of benzene rings is 2. The molecule has 0 amide bonds. The van der Waals surface area contributed by atoms with E-state index >= 15 is 0 Å². The summed E-state index contributed by atoms with van der Waals surface area (Å²) < 4.78 is 33.1. The van der Waals surface area contributed by atoms with E-state index in [1.54, 1.807) is 31.2 Å². The summed E-state index contributed by atoms with van der Waals surface area (Å²) in [6.07, 6.45) is 0.372. The second-order valence-corrected chi connectivity index (χ2v) is 8.82. The monoisotopic (exact) mass is 368 g/mol. The van der Waals surface area contributed by atoms with Crippen LogP contribution in [0.25, 0.3) is 0 Å². The van der Waals surface area contributed by atoms with Gasteiger partial charge in [-0.2, -0.15) is 4.72 Å². The van der Waals surface area contributed by atoms with Crippen molar-refractivity contribution in [1.29, 1.82) is 0 Å². The molecule has 0 aromatic heterocycles. The highest BCUT2D eigenvalue weighted by Gasteiger charge is 2.33. The third-order valence-corrected chi connectivity index (χ3v) is 6.73. The molecule has 0 spiro atoms. The molecule has 1 unspecified atom stereocenters. The first kappa shape index (κ1) is 19.0. The van der Waals surface area contributed by atoms with E-state index in [0.717, 1.165) is 11.1 Å². The van der Waals surface area contributed by atoms with Crippen LogP contribution in [0.3, 0.4) is 0 Å². The van der Waals surface area contributed by atoms with Crippen molar-refractivity contribution in [3.05, 3.63) is 65.7 Å². The molecule has 2 rings (SSSR count). The third-order valence-electron chi connectivity index (χ3n) is 3.50. The zero-order valence-electron chi connectivity index (χ0n) is 13.8. The largest absolute Gasteiger partial charge is 0.277 e. The van der Waals surface area contributed by atoms with Gasteiger partial charge < -0.3 is 0 Å². The molecule has 0 aliphatic rings. The van der Waals surface area contributed by atoms with E-state index in [1.165, 1.54) is 0 Å². The average molecular weight is 368 g/mol. The molecule has 0 aliphatic carbocycles. The summed E-state index contributed by atoms with van der Waals surface area (Å²) in [6.45, 7) is 4.00. The molecule has 130 valence electrons. The number of aryl methyl sites for hydroxylation is 1. The number of hydrogen-bond donors (Lipinski definition) is 2. The van der Waals surface area contributed by atoms with Crippen LogP contribution < -0.4 is 4.72 Å². The van der Waals surface area contributed by atoms with Crippen molar-refractivity contribution in [2.45, 2.75) is 30.9 Å². The van der Waals surface area contributed by atoms with Gasteiger partial charge in [-0.25, -0.2) is 17.8 Å². The molecule has 2 aromatic carbocycles. The molecule has 0 heterocycles. The van der Waals surface area contributed by atoms with E-state index in [9.17, 15) is 13.3 Å². The lowest BCUT2D eigenvalue weighted by molar-refractivity contribution is 0.318. The van der Waals surface area contributed by atoms with Gasteiger partial charge in [0.2, 0.25) is 10.0 Å². The summed E-state index contributed by atoms with van der Waals surface area (Å²) in [6, 6.07) is 16.0. The molecule has 0 radical (unpaired) electrons. The maximum absolute atomic E-state index is 12.6. The minimum atomic E-state index is -3.72. The third kappa shape index (κ3) is 5.36. The van der Waals surface area contributed by atoms with Gasteiger partial charge in [-0.1, -0.05) is 48.0 Å². The normalized spacial score (nSPS) is 14.3. The van der Waals surface area contributed by atoms with Crippen LogP contribution in [0.15, 0.2) is 59.5 Å². The van der Waals surface area contributed by atoms with Crippen LogP contribution in [0.4, 0.5) is 0 Å². The molecule has 0 saturated carbocycles. The lowest BCUT2D eigenvalue weighted by Gasteiger charge is -2.17. The van der Waals surface area contributed by atoms with E-state index in [0.29, 0.717) is 13.0 Å². The van der Waals surface area contributed by atoms with Gasteiger partial charge in [0, 0.05) is 6.42 Å². The van der Waals surface area contributed by atoms with Crippen LogP contribution in [0.2, 0.25) is 0 Å². The fourth-order valence-corrected chi connectivity index (χ4v) is 5.11. The minimum Gasteiger partial charge on any atom is -0.221 e. The zero-order chi connectivity index (χ0) is 17.6. The summed E-state index contributed by atoms with van der Waals surface area (Å²) in [7, 11) is -6.04. The fraction of sp³-hybridized carbons (Fsp3) is 0.294. The zero-order valence-corrected chi connectivity index (χ0v) is 15.6. The number of nitrogens with one attached hydrogen (secondary N) is 1. The summed E-state index contributed by atoms with van der Waals surface area (Å²) in [5.41, 5.74) is 1.92. The second kappa shape index (κ2) is 8.70.